The van der Waals surface area contributed by atoms with Gasteiger partial charge in [0.2, 0.25) is 0 Å². The molecule has 0 fully saturated rings. The Morgan fingerprint density at radius 1 is 1.19 bits per heavy atom. The molecule has 0 bridgehead atoms. The van der Waals surface area contributed by atoms with Gasteiger partial charge in [-0.1, -0.05) is 0 Å². The number of carbonyl (C=O) groups excluding carboxylic acids is 2. The highest BCUT2D eigenvalue weighted by Gasteiger charge is 2.08. The Kier molecular flexibility index (Phi) is 5.26. The summed E-state index contributed by atoms with van der Waals surface area (Å²) in [6.07, 6.45) is 2.62. The van der Waals surface area contributed by atoms with Crippen molar-refractivity contribution >= 4 is 40.4 Å². The molecule has 108 valence electrons. The number of halogens is 2. The number of esters is 1. The van der Waals surface area contributed by atoms with Crippen molar-refractivity contribution in [2.24, 2.45) is 0 Å². The minimum Gasteiger partial charge on any atom is -0.454 e. The minimum atomic E-state index is -0.656. The third-order valence-corrected chi connectivity index (χ3v) is 3.07. The quantitative estimate of drug-likeness (QED) is 0.334. The van der Waals surface area contributed by atoms with E-state index in [1.807, 2.05) is 22.6 Å². The van der Waals surface area contributed by atoms with Gasteiger partial charge in [-0.05, 0) is 65.1 Å². The van der Waals surface area contributed by atoms with Crippen molar-refractivity contribution < 1.29 is 23.1 Å². The lowest BCUT2D eigenvalue weighted by molar-refractivity contribution is -0.136. The number of ether oxygens (including phenoxy) is 1. The van der Waals surface area contributed by atoms with E-state index in [9.17, 15) is 14.0 Å². The van der Waals surface area contributed by atoms with E-state index in [1.165, 1.54) is 36.4 Å². The summed E-state index contributed by atoms with van der Waals surface area (Å²) >= 11 is 2.00. The van der Waals surface area contributed by atoms with Gasteiger partial charge in [0.25, 0.3) is 0 Å². The highest BCUT2D eigenvalue weighted by Crippen LogP contribution is 2.11. The van der Waals surface area contributed by atoms with E-state index in [0.29, 0.717) is 9.53 Å². The zero-order valence-electron chi connectivity index (χ0n) is 10.7. The van der Waals surface area contributed by atoms with Crippen LogP contribution in [-0.4, -0.2) is 18.4 Å². The maximum absolute atomic E-state index is 12.7. The zero-order valence-corrected chi connectivity index (χ0v) is 12.9. The first-order valence-corrected chi connectivity index (χ1v) is 7.01. The average Bonchev–Trinajstić information content (AvgIpc) is 2.89. The molecule has 4 nitrogen and oxygen atoms in total. The Balaban J connectivity index is 1.85. The van der Waals surface area contributed by atoms with Crippen LogP contribution >= 0.6 is 22.6 Å². The van der Waals surface area contributed by atoms with E-state index < -0.39 is 24.2 Å². The fraction of sp³-hybridized carbons (Fsp3) is 0.0667. The third kappa shape index (κ3) is 4.82. The van der Waals surface area contributed by atoms with Crippen LogP contribution in [-0.2, 0) is 9.53 Å². The molecule has 1 aromatic carbocycles. The van der Waals surface area contributed by atoms with Crippen molar-refractivity contribution in [3.8, 4) is 0 Å². The lowest BCUT2D eigenvalue weighted by Crippen LogP contribution is -2.12. The molecule has 0 radical (unpaired) electrons. The Morgan fingerprint density at radius 2 is 1.90 bits per heavy atom. The molecule has 6 heteroatoms. The van der Waals surface area contributed by atoms with E-state index in [-0.39, 0.29) is 5.56 Å². The predicted molar refractivity (Wildman–Crippen MR) is 82.1 cm³/mol. The number of benzene rings is 1. The van der Waals surface area contributed by atoms with Crippen molar-refractivity contribution in [2.75, 3.05) is 6.61 Å². The van der Waals surface area contributed by atoms with Gasteiger partial charge in [0, 0.05) is 11.6 Å². The van der Waals surface area contributed by atoms with Gasteiger partial charge in [-0.25, -0.2) is 9.18 Å². The topological polar surface area (TPSA) is 56.5 Å². The largest absolute Gasteiger partial charge is 0.454 e. The molecule has 1 heterocycles. The number of rotatable bonds is 5. The molecular weight excluding hydrogens is 390 g/mol. The lowest BCUT2D eigenvalue weighted by Gasteiger charge is -2.01. The summed E-state index contributed by atoms with van der Waals surface area (Å²) in [5.74, 6) is -0.970. The van der Waals surface area contributed by atoms with Crippen molar-refractivity contribution in [2.45, 2.75) is 0 Å². The minimum absolute atomic E-state index is 0.286. The van der Waals surface area contributed by atoms with Gasteiger partial charge in [0.05, 0.1) is 0 Å². The average molecular weight is 400 g/mol. The van der Waals surface area contributed by atoms with E-state index >= 15 is 0 Å². The fourth-order valence-corrected chi connectivity index (χ4v) is 1.91. The van der Waals surface area contributed by atoms with E-state index in [4.69, 9.17) is 9.15 Å². The van der Waals surface area contributed by atoms with Crippen LogP contribution in [0.15, 0.2) is 46.9 Å². The first-order valence-electron chi connectivity index (χ1n) is 5.93. The Labute approximate surface area is 133 Å². The summed E-state index contributed by atoms with van der Waals surface area (Å²) in [4.78, 5) is 23.1. The highest BCUT2D eigenvalue weighted by atomic mass is 127. The fourth-order valence-electron chi connectivity index (χ4n) is 1.47. The number of furan rings is 1. The monoisotopic (exact) mass is 400 g/mol. The van der Waals surface area contributed by atoms with Crippen LogP contribution in [0.25, 0.3) is 6.08 Å². The van der Waals surface area contributed by atoms with Crippen LogP contribution < -0.4 is 0 Å². The van der Waals surface area contributed by atoms with Gasteiger partial charge >= 0.3 is 5.97 Å². The second-order valence-electron chi connectivity index (χ2n) is 4.01. The molecule has 0 atom stereocenters. The zero-order chi connectivity index (χ0) is 15.2. The van der Waals surface area contributed by atoms with E-state index in [1.54, 1.807) is 12.1 Å². The Morgan fingerprint density at radius 3 is 2.52 bits per heavy atom. The van der Waals surface area contributed by atoms with Gasteiger partial charge in [-0.2, -0.15) is 0 Å². The molecule has 0 N–H and O–H groups in total. The van der Waals surface area contributed by atoms with Gasteiger partial charge < -0.3 is 9.15 Å². The van der Waals surface area contributed by atoms with Gasteiger partial charge in [-0.15, -0.1) is 0 Å². The summed E-state index contributed by atoms with van der Waals surface area (Å²) in [5.41, 5.74) is 0.286. The van der Waals surface area contributed by atoms with Crippen LogP contribution in [0.1, 0.15) is 16.1 Å². The predicted octanol–water partition coefficient (Wildman–Crippen LogP) is 3.46. The second-order valence-corrected chi connectivity index (χ2v) is 5.08. The standard InChI is InChI=1S/C15H10FIO4/c16-11-3-1-10(2-4-11)13(18)9-20-15(19)8-6-12-5-7-14(17)21-12/h1-8H,9H2/b8-6+. The van der Waals surface area contributed by atoms with Crippen molar-refractivity contribution in [3.05, 3.63) is 63.4 Å². The third-order valence-electron chi connectivity index (χ3n) is 2.49. The molecular formula is C15H10FIO4. The van der Waals surface area contributed by atoms with Crippen LogP contribution in [0.3, 0.4) is 0 Å². The van der Waals surface area contributed by atoms with Crippen LogP contribution in [0.5, 0.6) is 0 Å². The number of ketones is 1. The Hall–Kier alpha value is -1.96. The second kappa shape index (κ2) is 7.16. The maximum Gasteiger partial charge on any atom is 0.331 e. The molecule has 1 aromatic heterocycles. The lowest BCUT2D eigenvalue weighted by atomic mass is 10.1. The summed E-state index contributed by atoms with van der Waals surface area (Å²) < 4.78 is 23.4. The van der Waals surface area contributed by atoms with E-state index in [2.05, 4.69) is 0 Å². The number of Topliss-reactive ketones (excluding diaryl/α,β-unsaturated/α-hetero) is 1. The number of carbonyl (C=O) groups is 2. The molecule has 2 rings (SSSR count). The summed E-state index contributed by atoms with van der Waals surface area (Å²) in [6, 6.07) is 8.48. The maximum atomic E-state index is 12.7. The molecule has 0 saturated carbocycles. The molecule has 0 spiro atoms. The molecule has 0 aliphatic rings. The molecule has 0 unspecified atom stereocenters. The van der Waals surface area contributed by atoms with Gasteiger partial charge in [0.15, 0.2) is 16.2 Å². The molecule has 0 amide bonds. The van der Waals surface area contributed by atoms with Gasteiger partial charge in [0.1, 0.15) is 11.6 Å². The van der Waals surface area contributed by atoms with Crippen LogP contribution in [0.2, 0.25) is 0 Å². The van der Waals surface area contributed by atoms with E-state index in [0.717, 1.165) is 0 Å². The Bertz CT molecular complexity index is 673. The van der Waals surface area contributed by atoms with Crippen molar-refractivity contribution in [1.29, 1.82) is 0 Å². The first-order chi connectivity index (χ1) is 10.0. The molecule has 0 aliphatic heterocycles. The van der Waals surface area contributed by atoms with Crippen molar-refractivity contribution in [3.63, 3.8) is 0 Å². The number of hydrogen-bond acceptors (Lipinski definition) is 4. The molecule has 2 aromatic rings. The first kappa shape index (κ1) is 15.4. The summed E-state index contributed by atoms with van der Waals surface area (Å²) in [6.45, 7) is -0.398. The van der Waals surface area contributed by atoms with Crippen LogP contribution in [0, 0.1) is 9.58 Å². The van der Waals surface area contributed by atoms with Crippen LogP contribution in [0.4, 0.5) is 4.39 Å². The SMILES string of the molecule is O=C(/C=C/c1ccc(I)o1)OCC(=O)c1ccc(F)cc1. The van der Waals surface area contributed by atoms with Gasteiger partial charge in [-0.3, -0.25) is 4.79 Å². The molecule has 0 saturated heterocycles. The molecule has 0 aliphatic carbocycles. The summed E-state index contributed by atoms with van der Waals surface area (Å²) in [7, 11) is 0. The summed E-state index contributed by atoms with van der Waals surface area (Å²) in [5, 5.41) is 0. The smallest absolute Gasteiger partial charge is 0.331 e. The normalized spacial score (nSPS) is 10.8. The highest BCUT2D eigenvalue weighted by molar-refractivity contribution is 14.1. The molecule has 21 heavy (non-hydrogen) atoms. The van der Waals surface area contributed by atoms with Crippen molar-refractivity contribution in [1.82, 2.24) is 0 Å². The number of hydrogen-bond donors (Lipinski definition) is 0.